The van der Waals surface area contributed by atoms with Gasteiger partial charge < -0.3 is 19.8 Å². The monoisotopic (exact) mass is 330 g/mol. The van der Waals surface area contributed by atoms with Crippen molar-refractivity contribution < 1.29 is 14.3 Å². The lowest BCUT2D eigenvalue weighted by Crippen LogP contribution is -2.32. The highest BCUT2D eigenvalue weighted by Gasteiger charge is 2.20. The Morgan fingerprint density at radius 2 is 1.79 bits per heavy atom. The number of aromatic nitrogens is 1. The van der Waals surface area contributed by atoms with Crippen molar-refractivity contribution in [3.63, 3.8) is 0 Å². The molecule has 2 N–H and O–H groups in total. The van der Waals surface area contributed by atoms with Crippen LogP contribution in [0.4, 0.5) is 0 Å². The summed E-state index contributed by atoms with van der Waals surface area (Å²) in [5, 5.41) is 2.96. The molecule has 6 heteroatoms. The van der Waals surface area contributed by atoms with Crippen LogP contribution < -0.4 is 20.2 Å². The molecule has 0 aliphatic heterocycles. The maximum Gasteiger partial charge on any atom is 0.268 e. The molecule has 0 saturated heterocycles. The second kappa shape index (κ2) is 7.68. The van der Waals surface area contributed by atoms with Crippen LogP contribution in [0.2, 0.25) is 0 Å². The van der Waals surface area contributed by atoms with Gasteiger partial charge in [0.1, 0.15) is 11.4 Å². The van der Waals surface area contributed by atoms with Crippen molar-refractivity contribution in [3.05, 3.63) is 58.0 Å². The van der Waals surface area contributed by atoms with E-state index in [2.05, 4.69) is 10.3 Å². The van der Waals surface area contributed by atoms with Crippen LogP contribution >= 0.6 is 0 Å². The number of H-pyrrole nitrogens is 1. The summed E-state index contributed by atoms with van der Waals surface area (Å²) in [4.78, 5) is 27.0. The number of benzene rings is 1. The molecule has 0 aliphatic carbocycles. The summed E-state index contributed by atoms with van der Waals surface area (Å²) in [5.41, 5.74) is 0.821. The number of carbonyl (C=O) groups is 1. The van der Waals surface area contributed by atoms with Crippen molar-refractivity contribution in [3.8, 4) is 11.5 Å². The fourth-order valence-electron chi connectivity index (χ4n) is 2.41. The molecule has 2 rings (SSSR count). The Balaban J connectivity index is 2.22. The average Bonchev–Trinajstić information content (AvgIpc) is 2.59. The molecule has 0 saturated carbocycles. The molecule has 0 spiro atoms. The molecule has 1 amide bonds. The van der Waals surface area contributed by atoms with E-state index in [4.69, 9.17) is 9.47 Å². The van der Waals surface area contributed by atoms with Crippen molar-refractivity contribution in [2.45, 2.75) is 19.9 Å². The van der Waals surface area contributed by atoms with Gasteiger partial charge in [0.15, 0.2) is 5.75 Å². The molecule has 6 nitrogen and oxygen atoms in total. The first kappa shape index (κ1) is 17.6. The largest absolute Gasteiger partial charge is 0.497 e. The van der Waals surface area contributed by atoms with E-state index in [1.54, 1.807) is 7.11 Å². The van der Waals surface area contributed by atoms with E-state index < -0.39 is 0 Å². The number of carbonyl (C=O) groups excluding carboxylic acids is 1. The van der Waals surface area contributed by atoms with Crippen LogP contribution in [-0.4, -0.2) is 25.1 Å². The smallest absolute Gasteiger partial charge is 0.268 e. The van der Waals surface area contributed by atoms with Gasteiger partial charge in [-0.3, -0.25) is 9.59 Å². The number of aromatic amines is 1. The summed E-state index contributed by atoms with van der Waals surface area (Å²) >= 11 is 0. The van der Waals surface area contributed by atoms with Crippen LogP contribution in [0, 0.1) is 5.92 Å². The van der Waals surface area contributed by atoms with Gasteiger partial charge in [-0.25, -0.2) is 0 Å². The van der Waals surface area contributed by atoms with Crippen molar-refractivity contribution in [1.29, 1.82) is 0 Å². The molecule has 0 radical (unpaired) electrons. The van der Waals surface area contributed by atoms with Crippen LogP contribution in [0.5, 0.6) is 11.5 Å². The Bertz CT molecular complexity index is 750. The summed E-state index contributed by atoms with van der Waals surface area (Å²) in [6.45, 7) is 4.04. The van der Waals surface area contributed by atoms with E-state index in [1.165, 1.54) is 19.4 Å². The summed E-state index contributed by atoms with van der Waals surface area (Å²) in [6, 6.07) is 8.59. The third-order valence-corrected chi connectivity index (χ3v) is 3.77. The lowest BCUT2D eigenvalue weighted by Gasteiger charge is -2.23. The van der Waals surface area contributed by atoms with Crippen LogP contribution in [0.3, 0.4) is 0 Å². The van der Waals surface area contributed by atoms with Gasteiger partial charge in [-0.05, 0) is 23.6 Å². The standard InChI is InChI=1S/C18H22N2O4/c1-11(2)17(12-5-7-13(23-3)8-6-12)20-18(22)14-9-15(21)16(24-4)10-19-14/h5-11,17H,1-4H3,(H,19,21)(H,20,22)/t17-/m1/s1. The van der Waals surface area contributed by atoms with Gasteiger partial charge in [0.2, 0.25) is 5.43 Å². The van der Waals surface area contributed by atoms with Gasteiger partial charge in [0, 0.05) is 12.3 Å². The molecule has 0 bridgehead atoms. The summed E-state index contributed by atoms with van der Waals surface area (Å²) in [5.74, 6) is 0.755. The Kier molecular flexibility index (Phi) is 5.63. The molecule has 1 aromatic heterocycles. The van der Waals surface area contributed by atoms with E-state index in [9.17, 15) is 9.59 Å². The number of amides is 1. The van der Waals surface area contributed by atoms with Crippen LogP contribution in [0.25, 0.3) is 0 Å². The summed E-state index contributed by atoms with van der Waals surface area (Å²) in [6.07, 6.45) is 1.38. The quantitative estimate of drug-likeness (QED) is 0.853. The maximum absolute atomic E-state index is 12.5. The Labute approximate surface area is 140 Å². The number of rotatable bonds is 6. The zero-order valence-electron chi connectivity index (χ0n) is 14.3. The molecule has 1 atom stereocenters. The summed E-state index contributed by atoms with van der Waals surface area (Å²) < 4.78 is 10.1. The second-order valence-electron chi connectivity index (χ2n) is 5.75. The molecule has 0 unspecified atom stereocenters. The predicted molar refractivity (Wildman–Crippen MR) is 91.7 cm³/mol. The highest BCUT2D eigenvalue weighted by atomic mass is 16.5. The van der Waals surface area contributed by atoms with E-state index in [0.717, 1.165) is 11.3 Å². The normalized spacial score (nSPS) is 11.9. The first-order chi connectivity index (χ1) is 11.5. The molecule has 0 fully saturated rings. The number of methoxy groups -OCH3 is 2. The number of hydrogen-bond acceptors (Lipinski definition) is 4. The SMILES string of the molecule is COc1ccc([C@H](NC(=O)c2cc(=O)c(OC)c[nH]2)C(C)C)cc1. The van der Waals surface area contributed by atoms with Crippen LogP contribution in [0.15, 0.2) is 41.3 Å². The molecule has 24 heavy (non-hydrogen) atoms. The van der Waals surface area contributed by atoms with E-state index in [1.807, 2.05) is 38.1 Å². The topological polar surface area (TPSA) is 80.4 Å². The van der Waals surface area contributed by atoms with Gasteiger partial charge in [-0.2, -0.15) is 0 Å². The molecule has 2 aromatic rings. The lowest BCUT2D eigenvalue weighted by molar-refractivity contribution is 0.0920. The highest BCUT2D eigenvalue weighted by molar-refractivity contribution is 5.92. The minimum Gasteiger partial charge on any atom is -0.497 e. The van der Waals surface area contributed by atoms with Gasteiger partial charge >= 0.3 is 0 Å². The van der Waals surface area contributed by atoms with Crippen molar-refractivity contribution in [2.24, 2.45) is 5.92 Å². The van der Waals surface area contributed by atoms with Gasteiger partial charge in [0.05, 0.1) is 20.3 Å². The number of hydrogen-bond donors (Lipinski definition) is 2. The Hall–Kier alpha value is -2.76. The molecule has 1 aromatic carbocycles. The van der Waals surface area contributed by atoms with E-state index in [0.29, 0.717) is 0 Å². The van der Waals surface area contributed by atoms with Gasteiger partial charge in [0.25, 0.3) is 5.91 Å². The Morgan fingerprint density at radius 1 is 1.12 bits per heavy atom. The van der Waals surface area contributed by atoms with Gasteiger partial charge in [-0.15, -0.1) is 0 Å². The lowest BCUT2D eigenvalue weighted by atomic mass is 9.95. The minimum absolute atomic E-state index is 0.169. The highest BCUT2D eigenvalue weighted by Crippen LogP contribution is 2.24. The Morgan fingerprint density at radius 3 is 2.29 bits per heavy atom. The number of ether oxygens (including phenoxy) is 2. The fourth-order valence-corrected chi connectivity index (χ4v) is 2.41. The van der Waals surface area contributed by atoms with Crippen molar-refractivity contribution >= 4 is 5.91 Å². The van der Waals surface area contributed by atoms with E-state index >= 15 is 0 Å². The molecule has 1 heterocycles. The minimum atomic E-state index is -0.343. The van der Waals surface area contributed by atoms with Crippen LogP contribution in [-0.2, 0) is 0 Å². The van der Waals surface area contributed by atoms with E-state index in [-0.39, 0.29) is 34.7 Å². The molecule has 0 aliphatic rings. The zero-order chi connectivity index (χ0) is 17.7. The molecular weight excluding hydrogens is 308 g/mol. The molecular formula is C18H22N2O4. The average molecular weight is 330 g/mol. The third kappa shape index (κ3) is 3.95. The molecule has 128 valence electrons. The van der Waals surface area contributed by atoms with Crippen molar-refractivity contribution in [1.82, 2.24) is 10.3 Å². The number of pyridine rings is 1. The number of nitrogens with one attached hydrogen (secondary N) is 2. The third-order valence-electron chi connectivity index (χ3n) is 3.77. The second-order valence-corrected chi connectivity index (χ2v) is 5.75. The maximum atomic E-state index is 12.5. The van der Waals surface area contributed by atoms with Gasteiger partial charge in [-0.1, -0.05) is 26.0 Å². The summed E-state index contributed by atoms with van der Waals surface area (Å²) in [7, 11) is 3.01. The van der Waals surface area contributed by atoms with Crippen molar-refractivity contribution in [2.75, 3.05) is 14.2 Å². The zero-order valence-corrected chi connectivity index (χ0v) is 14.3. The van der Waals surface area contributed by atoms with Crippen LogP contribution in [0.1, 0.15) is 35.9 Å². The first-order valence-corrected chi connectivity index (χ1v) is 7.67. The predicted octanol–water partition coefficient (Wildman–Crippen LogP) is 2.52. The fraction of sp³-hybridized carbons (Fsp3) is 0.333. The first-order valence-electron chi connectivity index (χ1n) is 7.67.